The lowest BCUT2D eigenvalue weighted by Gasteiger charge is -2.07. The monoisotopic (exact) mass is 324 g/mol. The van der Waals surface area contributed by atoms with Crippen LogP contribution in [0.5, 0.6) is 5.75 Å². The lowest BCUT2D eigenvalue weighted by Crippen LogP contribution is -1.97. The number of hydrogen-bond acceptors (Lipinski definition) is 3. The summed E-state index contributed by atoms with van der Waals surface area (Å²) in [5.41, 5.74) is 0. The van der Waals surface area contributed by atoms with Gasteiger partial charge in [-0.05, 0) is 30.7 Å². The maximum absolute atomic E-state index is 5.76. The summed E-state index contributed by atoms with van der Waals surface area (Å²) in [6.07, 6.45) is 13.6. The van der Waals surface area contributed by atoms with E-state index >= 15 is 0 Å². The van der Waals surface area contributed by atoms with Gasteiger partial charge in [0.25, 0.3) is 0 Å². The van der Waals surface area contributed by atoms with Crippen molar-refractivity contribution < 1.29 is 8.92 Å². The largest absolute Gasteiger partial charge is 0.494 e. The fourth-order valence-corrected chi connectivity index (χ4v) is 2.91. The van der Waals surface area contributed by atoms with Crippen molar-refractivity contribution in [3.05, 3.63) is 24.3 Å². The van der Waals surface area contributed by atoms with Crippen LogP contribution in [0.15, 0.2) is 29.2 Å². The smallest absolute Gasteiger partial charge is 0.119 e. The second-order valence-corrected chi connectivity index (χ2v) is 6.72. The summed E-state index contributed by atoms with van der Waals surface area (Å²) in [7, 11) is 1.68. The summed E-state index contributed by atoms with van der Waals surface area (Å²) < 4.78 is 10.8. The van der Waals surface area contributed by atoms with Crippen molar-refractivity contribution in [1.82, 2.24) is 0 Å². The maximum atomic E-state index is 5.76. The summed E-state index contributed by atoms with van der Waals surface area (Å²) in [4.78, 5) is 1.11. The summed E-state index contributed by atoms with van der Waals surface area (Å²) in [5.74, 6) is 0.955. The predicted octanol–water partition coefficient (Wildman–Crippen LogP) is 6.64. The molecule has 1 rings (SSSR count). The third-order valence-corrected chi connectivity index (χ3v) is 4.40. The quantitative estimate of drug-likeness (QED) is 0.282. The molecule has 0 spiro atoms. The van der Waals surface area contributed by atoms with Gasteiger partial charge in [-0.3, -0.25) is 0 Å². The van der Waals surface area contributed by atoms with E-state index in [2.05, 4.69) is 6.92 Å². The maximum Gasteiger partial charge on any atom is 0.119 e. The third-order valence-electron chi connectivity index (χ3n) is 3.77. The number of hydrogen-bond donors (Lipinski definition) is 0. The Balaban J connectivity index is 1.90. The van der Waals surface area contributed by atoms with Gasteiger partial charge in [0.1, 0.15) is 5.75 Å². The van der Waals surface area contributed by atoms with Crippen molar-refractivity contribution in [2.45, 2.75) is 76.0 Å². The van der Waals surface area contributed by atoms with Crippen molar-refractivity contribution in [1.29, 1.82) is 0 Å². The zero-order valence-electron chi connectivity index (χ0n) is 14.3. The Hall–Kier alpha value is -0.670. The highest BCUT2D eigenvalue weighted by molar-refractivity contribution is 7.94. The molecule has 0 aromatic heterocycles. The minimum Gasteiger partial charge on any atom is -0.494 e. The standard InChI is InChI=1S/C19H32O2S/c1-3-4-5-6-7-8-9-10-11-12-17-21-18-13-15-19(16-14-18)22-20-2/h13-16H,3-12,17H2,1-2H3. The van der Waals surface area contributed by atoms with Crippen LogP contribution < -0.4 is 4.74 Å². The Kier molecular flexibility index (Phi) is 12.3. The van der Waals surface area contributed by atoms with E-state index in [9.17, 15) is 0 Å². The van der Waals surface area contributed by atoms with Crippen molar-refractivity contribution in [3.63, 3.8) is 0 Å². The van der Waals surface area contributed by atoms with E-state index in [1.165, 1.54) is 69.8 Å². The van der Waals surface area contributed by atoms with Crippen LogP contribution in [0.3, 0.4) is 0 Å². The van der Waals surface area contributed by atoms with Crippen LogP contribution in [0.1, 0.15) is 71.1 Å². The molecular weight excluding hydrogens is 292 g/mol. The van der Waals surface area contributed by atoms with Gasteiger partial charge in [-0.2, -0.15) is 0 Å². The molecule has 1 aromatic carbocycles. The number of rotatable bonds is 14. The van der Waals surface area contributed by atoms with Gasteiger partial charge in [-0.25, -0.2) is 0 Å². The van der Waals surface area contributed by atoms with E-state index in [1.54, 1.807) is 7.11 Å². The normalized spacial score (nSPS) is 10.8. The first-order chi connectivity index (χ1) is 10.9. The molecule has 0 bridgehead atoms. The molecule has 0 unspecified atom stereocenters. The first-order valence-corrected chi connectivity index (χ1v) is 9.54. The van der Waals surface area contributed by atoms with Crippen molar-refractivity contribution in [3.8, 4) is 5.75 Å². The van der Waals surface area contributed by atoms with Gasteiger partial charge in [0.15, 0.2) is 0 Å². The molecule has 3 heteroatoms. The Bertz CT molecular complexity index is 351. The van der Waals surface area contributed by atoms with Crippen LogP contribution in [0.25, 0.3) is 0 Å². The number of ether oxygens (including phenoxy) is 1. The molecule has 0 aliphatic heterocycles. The molecule has 0 aliphatic carbocycles. The molecule has 2 nitrogen and oxygen atoms in total. The summed E-state index contributed by atoms with van der Waals surface area (Å²) in [6, 6.07) is 8.08. The zero-order valence-corrected chi connectivity index (χ0v) is 15.1. The topological polar surface area (TPSA) is 18.5 Å². The van der Waals surface area contributed by atoms with Crippen molar-refractivity contribution in [2.24, 2.45) is 0 Å². The highest BCUT2D eigenvalue weighted by Gasteiger charge is 1.97. The van der Waals surface area contributed by atoms with Crippen LogP contribution >= 0.6 is 12.0 Å². The van der Waals surface area contributed by atoms with Gasteiger partial charge in [-0.1, -0.05) is 64.7 Å². The minimum atomic E-state index is 0.827. The highest BCUT2D eigenvalue weighted by Crippen LogP contribution is 2.21. The first-order valence-electron chi connectivity index (χ1n) is 8.80. The van der Waals surface area contributed by atoms with Crippen LogP contribution in [-0.4, -0.2) is 13.7 Å². The van der Waals surface area contributed by atoms with Gasteiger partial charge in [0, 0.05) is 16.9 Å². The SMILES string of the molecule is CCCCCCCCCCCCOc1ccc(SOC)cc1. The average molecular weight is 325 g/mol. The Labute approximate surface area is 141 Å². The lowest BCUT2D eigenvalue weighted by atomic mass is 10.1. The third kappa shape index (κ3) is 10.1. The Morgan fingerprint density at radius 1 is 0.773 bits per heavy atom. The van der Waals surface area contributed by atoms with Crippen LogP contribution in [-0.2, 0) is 4.18 Å². The summed E-state index contributed by atoms with van der Waals surface area (Å²) in [6.45, 7) is 3.10. The molecule has 1 aromatic rings. The van der Waals surface area contributed by atoms with Gasteiger partial charge < -0.3 is 8.92 Å². The molecule has 22 heavy (non-hydrogen) atoms. The average Bonchev–Trinajstić information content (AvgIpc) is 2.54. The van der Waals surface area contributed by atoms with Gasteiger partial charge in [0.2, 0.25) is 0 Å². The highest BCUT2D eigenvalue weighted by atomic mass is 32.2. The molecule has 0 heterocycles. The molecule has 0 saturated heterocycles. The molecular formula is C19H32O2S. The molecule has 0 saturated carbocycles. The van der Waals surface area contributed by atoms with E-state index in [4.69, 9.17) is 8.92 Å². The Morgan fingerprint density at radius 3 is 1.86 bits per heavy atom. The minimum absolute atomic E-state index is 0.827. The van der Waals surface area contributed by atoms with E-state index in [0.29, 0.717) is 0 Å². The predicted molar refractivity (Wildman–Crippen MR) is 96.6 cm³/mol. The van der Waals surface area contributed by atoms with Crippen LogP contribution in [0.4, 0.5) is 0 Å². The molecule has 0 radical (unpaired) electrons. The summed E-state index contributed by atoms with van der Waals surface area (Å²) >= 11 is 1.37. The molecule has 0 N–H and O–H groups in total. The fraction of sp³-hybridized carbons (Fsp3) is 0.684. The van der Waals surface area contributed by atoms with Crippen LogP contribution in [0, 0.1) is 0 Å². The second-order valence-electron chi connectivity index (χ2n) is 5.75. The lowest BCUT2D eigenvalue weighted by molar-refractivity contribution is 0.304. The Morgan fingerprint density at radius 2 is 1.32 bits per heavy atom. The molecule has 0 atom stereocenters. The second kappa shape index (κ2) is 14.0. The number of benzene rings is 1. The van der Waals surface area contributed by atoms with E-state index in [-0.39, 0.29) is 0 Å². The summed E-state index contributed by atoms with van der Waals surface area (Å²) in [5, 5.41) is 0. The van der Waals surface area contributed by atoms with Crippen LogP contribution in [0.2, 0.25) is 0 Å². The van der Waals surface area contributed by atoms with Gasteiger partial charge >= 0.3 is 0 Å². The van der Waals surface area contributed by atoms with Gasteiger partial charge in [0.05, 0.1) is 13.7 Å². The molecule has 0 amide bonds. The molecule has 0 fully saturated rings. The molecule has 0 aliphatic rings. The fourth-order valence-electron chi connectivity index (χ4n) is 2.47. The van der Waals surface area contributed by atoms with Crippen molar-refractivity contribution >= 4 is 12.0 Å². The number of unbranched alkanes of at least 4 members (excludes halogenated alkanes) is 9. The molecule has 126 valence electrons. The van der Waals surface area contributed by atoms with Crippen molar-refractivity contribution in [2.75, 3.05) is 13.7 Å². The first kappa shape index (κ1) is 19.4. The van der Waals surface area contributed by atoms with E-state index in [0.717, 1.165) is 23.7 Å². The van der Waals surface area contributed by atoms with E-state index in [1.807, 2.05) is 24.3 Å². The zero-order chi connectivity index (χ0) is 15.9. The van der Waals surface area contributed by atoms with Gasteiger partial charge in [-0.15, -0.1) is 0 Å². The van der Waals surface area contributed by atoms with E-state index < -0.39 is 0 Å².